The standard InChI is InChI=1S/C26H18O6/c1-15-19(32-26(28)22-14-17-9-6-10-20(29-2)25(17)31-22)12-11-18-23(27)21(30-24(15)18)13-16-7-4-3-5-8-16/h3-14H,1-2H3/b21-13-. The number of fused-ring (bicyclic) bond motifs is 2. The van der Waals surface area contributed by atoms with Crippen LogP contribution in [0, 0.1) is 6.92 Å². The quantitative estimate of drug-likeness (QED) is 0.241. The highest BCUT2D eigenvalue weighted by Gasteiger charge is 2.31. The van der Waals surface area contributed by atoms with Gasteiger partial charge in [0.1, 0.15) is 11.5 Å². The van der Waals surface area contributed by atoms with Gasteiger partial charge in [0.2, 0.25) is 11.5 Å². The summed E-state index contributed by atoms with van der Waals surface area (Å²) in [6.45, 7) is 1.74. The minimum Gasteiger partial charge on any atom is -0.493 e. The van der Waals surface area contributed by atoms with E-state index >= 15 is 0 Å². The lowest BCUT2D eigenvalue weighted by Gasteiger charge is -2.09. The molecule has 1 aliphatic rings. The van der Waals surface area contributed by atoms with Crippen LogP contribution in [0.2, 0.25) is 0 Å². The van der Waals surface area contributed by atoms with E-state index in [1.807, 2.05) is 42.5 Å². The van der Waals surface area contributed by atoms with Gasteiger partial charge in [-0.1, -0.05) is 42.5 Å². The lowest BCUT2D eigenvalue weighted by Crippen LogP contribution is -2.08. The molecule has 4 aromatic rings. The third-order valence-electron chi connectivity index (χ3n) is 5.27. The molecule has 1 aliphatic heterocycles. The van der Waals surface area contributed by atoms with Gasteiger partial charge in [-0.25, -0.2) is 4.79 Å². The van der Waals surface area contributed by atoms with Crippen molar-refractivity contribution in [1.29, 1.82) is 0 Å². The van der Waals surface area contributed by atoms with E-state index in [-0.39, 0.29) is 23.1 Å². The third-order valence-corrected chi connectivity index (χ3v) is 5.27. The molecule has 2 heterocycles. The van der Waals surface area contributed by atoms with Gasteiger partial charge in [0.05, 0.1) is 12.7 Å². The molecule has 3 aromatic carbocycles. The van der Waals surface area contributed by atoms with Gasteiger partial charge in [0.25, 0.3) is 0 Å². The Bertz CT molecular complexity index is 1390. The number of para-hydroxylation sites is 1. The zero-order chi connectivity index (χ0) is 22.2. The first kappa shape index (κ1) is 19.6. The summed E-state index contributed by atoms with van der Waals surface area (Å²) in [7, 11) is 1.53. The van der Waals surface area contributed by atoms with Crippen molar-refractivity contribution >= 4 is 28.8 Å². The molecular weight excluding hydrogens is 408 g/mol. The van der Waals surface area contributed by atoms with Gasteiger partial charge in [0.15, 0.2) is 17.1 Å². The SMILES string of the molecule is COc1cccc2cc(C(=O)Oc3ccc4c(c3C)O/C(=C\c3ccccc3)C4=O)oc12. The minimum absolute atomic E-state index is 0.0473. The summed E-state index contributed by atoms with van der Waals surface area (Å²) >= 11 is 0. The van der Waals surface area contributed by atoms with Gasteiger partial charge in [-0.05, 0) is 42.8 Å². The van der Waals surface area contributed by atoms with E-state index in [4.69, 9.17) is 18.6 Å². The van der Waals surface area contributed by atoms with Gasteiger partial charge in [-0.2, -0.15) is 0 Å². The molecular formula is C26H18O6. The van der Waals surface area contributed by atoms with Crippen LogP contribution in [0.5, 0.6) is 17.2 Å². The number of Topliss-reactive ketones (excluding diaryl/α,β-unsaturated/α-hetero) is 1. The summed E-state index contributed by atoms with van der Waals surface area (Å²) in [5.74, 6) is 0.599. The first-order valence-corrected chi connectivity index (χ1v) is 9.97. The normalized spacial score (nSPS) is 13.8. The predicted octanol–water partition coefficient (Wildman–Crippen LogP) is 5.59. The third kappa shape index (κ3) is 3.32. The molecule has 0 spiro atoms. The maximum atomic E-state index is 12.7. The molecule has 0 atom stereocenters. The first-order valence-electron chi connectivity index (χ1n) is 9.97. The summed E-state index contributed by atoms with van der Waals surface area (Å²) in [6.07, 6.45) is 1.69. The van der Waals surface area contributed by atoms with E-state index in [2.05, 4.69) is 0 Å². The number of ether oxygens (including phenoxy) is 3. The Labute approximate surface area is 183 Å². The van der Waals surface area contributed by atoms with Crippen LogP contribution in [-0.2, 0) is 0 Å². The molecule has 0 saturated heterocycles. The highest BCUT2D eigenvalue weighted by molar-refractivity contribution is 6.15. The Kier molecular flexibility index (Phi) is 4.75. The van der Waals surface area contributed by atoms with Crippen LogP contribution in [0.25, 0.3) is 17.0 Å². The topological polar surface area (TPSA) is 75.0 Å². The Balaban J connectivity index is 1.43. The molecule has 5 rings (SSSR count). The fourth-order valence-electron chi connectivity index (χ4n) is 3.63. The maximum absolute atomic E-state index is 12.7. The van der Waals surface area contributed by atoms with Crippen molar-refractivity contribution in [2.45, 2.75) is 6.92 Å². The molecule has 0 aliphatic carbocycles. The van der Waals surface area contributed by atoms with Crippen LogP contribution in [0.1, 0.15) is 32.0 Å². The summed E-state index contributed by atoms with van der Waals surface area (Å²) in [5.41, 5.74) is 2.30. The zero-order valence-electron chi connectivity index (χ0n) is 17.4. The molecule has 1 aromatic heterocycles. The lowest BCUT2D eigenvalue weighted by atomic mass is 10.1. The molecule has 0 N–H and O–H groups in total. The van der Waals surface area contributed by atoms with Crippen molar-refractivity contribution in [3.8, 4) is 17.2 Å². The largest absolute Gasteiger partial charge is 0.493 e. The second kappa shape index (κ2) is 7.74. The first-order chi connectivity index (χ1) is 15.5. The molecule has 0 radical (unpaired) electrons. The number of hydrogen-bond donors (Lipinski definition) is 0. The molecule has 0 bridgehead atoms. The van der Waals surface area contributed by atoms with Gasteiger partial charge in [0, 0.05) is 10.9 Å². The van der Waals surface area contributed by atoms with Crippen LogP contribution in [-0.4, -0.2) is 18.9 Å². The van der Waals surface area contributed by atoms with Gasteiger partial charge in [-0.3, -0.25) is 4.79 Å². The second-order valence-electron chi connectivity index (χ2n) is 7.29. The number of ketones is 1. The number of methoxy groups -OCH3 is 1. The molecule has 32 heavy (non-hydrogen) atoms. The smallest absolute Gasteiger partial charge is 0.379 e. The highest BCUT2D eigenvalue weighted by Crippen LogP contribution is 2.39. The molecule has 6 heteroatoms. The number of rotatable bonds is 4. The average molecular weight is 426 g/mol. The van der Waals surface area contributed by atoms with Crippen LogP contribution < -0.4 is 14.2 Å². The number of allylic oxidation sites excluding steroid dienone is 1. The Morgan fingerprint density at radius 3 is 2.56 bits per heavy atom. The van der Waals surface area contributed by atoms with Crippen molar-refractivity contribution in [1.82, 2.24) is 0 Å². The Morgan fingerprint density at radius 1 is 0.969 bits per heavy atom. The van der Waals surface area contributed by atoms with Gasteiger partial charge >= 0.3 is 5.97 Å². The highest BCUT2D eigenvalue weighted by atomic mass is 16.6. The summed E-state index contributed by atoms with van der Waals surface area (Å²) in [6, 6.07) is 19.6. The zero-order valence-corrected chi connectivity index (χ0v) is 17.4. The minimum atomic E-state index is -0.657. The second-order valence-corrected chi connectivity index (χ2v) is 7.29. The fourth-order valence-corrected chi connectivity index (χ4v) is 3.63. The maximum Gasteiger partial charge on any atom is 0.379 e. The van der Waals surface area contributed by atoms with E-state index < -0.39 is 5.97 Å². The molecule has 0 unspecified atom stereocenters. The number of esters is 1. The van der Waals surface area contributed by atoms with E-state index in [1.54, 1.807) is 37.3 Å². The summed E-state index contributed by atoms with van der Waals surface area (Å²) in [4.78, 5) is 25.5. The molecule has 0 fully saturated rings. The van der Waals surface area contributed by atoms with Crippen LogP contribution >= 0.6 is 0 Å². The average Bonchev–Trinajstić information content (AvgIpc) is 3.38. The van der Waals surface area contributed by atoms with Crippen molar-refractivity contribution in [3.63, 3.8) is 0 Å². The Morgan fingerprint density at radius 2 is 1.78 bits per heavy atom. The lowest BCUT2D eigenvalue weighted by molar-refractivity contribution is 0.0702. The number of furan rings is 1. The monoisotopic (exact) mass is 426 g/mol. The van der Waals surface area contributed by atoms with Crippen molar-refractivity contribution in [2.75, 3.05) is 7.11 Å². The van der Waals surface area contributed by atoms with E-state index in [9.17, 15) is 9.59 Å². The molecule has 158 valence electrons. The van der Waals surface area contributed by atoms with Gasteiger partial charge in [-0.15, -0.1) is 0 Å². The van der Waals surface area contributed by atoms with E-state index in [1.165, 1.54) is 7.11 Å². The van der Waals surface area contributed by atoms with E-state index in [0.29, 0.717) is 28.2 Å². The Hall–Kier alpha value is -4.32. The molecule has 0 amide bonds. The number of carbonyl (C=O) groups excluding carboxylic acids is 2. The predicted molar refractivity (Wildman–Crippen MR) is 118 cm³/mol. The van der Waals surface area contributed by atoms with Crippen molar-refractivity contribution in [2.24, 2.45) is 0 Å². The van der Waals surface area contributed by atoms with Gasteiger partial charge < -0.3 is 18.6 Å². The van der Waals surface area contributed by atoms with Crippen LogP contribution in [0.4, 0.5) is 0 Å². The number of hydrogen-bond acceptors (Lipinski definition) is 6. The van der Waals surface area contributed by atoms with Crippen molar-refractivity contribution < 1.29 is 28.2 Å². The summed E-state index contributed by atoms with van der Waals surface area (Å²) in [5, 5.41) is 0.728. The summed E-state index contributed by atoms with van der Waals surface area (Å²) < 4.78 is 22.3. The van der Waals surface area contributed by atoms with Crippen LogP contribution in [0.15, 0.2) is 76.9 Å². The van der Waals surface area contributed by atoms with Crippen LogP contribution in [0.3, 0.4) is 0 Å². The van der Waals surface area contributed by atoms with E-state index in [0.717, 1.165) is 10.9 Å². The number of benzene rings is 3. The fraction of sp³-hybridized carbons (Fsp3) is 0.0769. The molecule has 0 saturated carbocycles. The van der Waals surface area contributed by atoms with Crippen molar-refractivity contribution in [3.05, 3.63) is 94.9 Å². The molecule has 6 nitrogen and oxygen atoms in total. The number of carbonyl (C=O) groups is 2.